The molecule has 0 aliphatic carbocycles. The third kappa shape index (κ3) is 6.10. The van der Waals surface area contributed by atoms with E-state index >= 15 is 0 Å². The molecule has 4 rings (SSSR count). The topological polar surface area (TPSA) is 133 Å². The van der Waals surface area contributed by atoms with Crippen LogP contribution in [0, 0.1) is 0 Å². The number of nitrogens with zero attached hydrogens (tertiary/aromatic N) is 3. The molecule has 2 heterocycles. The first-order chi connectivity index (χ1) is 19.0. The number of aromatic amines is 1. The largest absolute Gasteiger partial charge is 0.465 e. The van der Waals surface area contributed by atoms with Gasteiger partial charge >= 0.3 is 18.0 Å². The Morgan fingerprint density at radius 2 is 1.88 bits per heavy atom. The van der Waals surface area contributed by atoms with E-state index in [0.717, 1.165) is 4.90 Å². The molecule has 0 saturated carbocycles. The number of nitrogens with one attached hydrogen (secondary N) is 1. The molecule has 1 aromatic heterocycles. The number of H-pyrrole nitrogens is 1. The number of sulfone groups is 1. The Labute approximate surface area is 241 Å². The molecule has 1 amide bonds. The molecule has 0 unspecified atom stereocenters. The summed E-state index contributed by atoms with van der Waals surface area (Å²) in [7, 11) is -2.42. The molecule has 222 valence electrons. The fraction of sp³-hybridized carbons (Fsp3) is 0.400. The number of rotatable bonds is 7. The van der Waals surface area contributed by atoms with Crippen LogP contribution in [0.5, 0.6) is 0 Å². The Morgan fingerprint density at radius 1 is 1.20 bits per heavy atom. The summed E-state index contributed by atoms with van der Waals surface area (Å²) in [6, 6.07) is 4.02. The van der Waals surface area contributed by atoms with Crippen LogP contribution in [0.25, 0.3) is 10.9 Å². The van der Waals surface area contributed by atoms with Gasteiger partial charge in [-0.25, -0.2) is 18.0 Å². The first-order valence-corrected chi connectivity index (χ1v) is 14.7. The van der Waals surface area contributed by atoms with E-state index in [2.05, 4.69) is 4.98 Å². The van der Waals surface area contributed by atoms with E-state index in [0.29, 0.717) is 23.6 Å². The summed E-state index contributed by atoms with van der Waals surface area (Å²) in [4.78, 5) is 42.6. The zero-order chi connectivity index (χ0) is 30.4. The van der Waals surface area contributed by atoms with Gasteiger partial charge in [0.05, 0.1) is 38.7 Å². The minimum Gasteiger partial charge on any atom is -0.465 e. The lowest BCUT2D eigenvalue weighted by molar-refractivity contribution is -0.138. The lowest BCUT2D eigenvalue weighted by atomic mass is 10.0. The van der Waals surface area contributed by atoms with Gasteiger partial charge < -0.3 is 15.0 Å². The Kier molecular flexibility index (Phi) is 8.52. The molecule has 1 saturated heterocycles. The quantitative estimate of drug-likeness (QED) is 0.400. The molecule has 0 radical (unpaired) electrons. The molecular formula is C25H25Cl2F3N4O6S. The lowest BCUT2D eigenvalue weighted by Crippen LogP contribution is -2.38. The fourth-order valence-corrected chi connectivity index (χ4v) is 6.51. The van der Waals surface area contributed by atoms with Crippen molar-refractivity contribution in [3.8, 4) is 0 Å². The van der Waals surface area contributed by atoms with Crippen molar-refractivity contribution in [2.24, 2.45) is 0 Å². The molecule has 3 aromatic rings. The SMILES string of the molecule is CCS(=O)(=O)c1ccc(Cl)cc1Cn1c(=O)[nH]c2c(Cl)c(CN3CC[C@@H](N(C)C(=O)O)C3)c(C(F)(F)F)cc2c1=O. The highest BCUT2D eigenvalue weighted by Crippen LogP contribution is 2.39. The van der Waals surface area contributed by atoms with Gasteiger partial charge in [-0.2, -0.15) is 13.2 Å². The van der Waals surface area contributed by atoms with Gasteiger partial charge in [-0.3, -0.25) is 14.3 Å². The highest BCUT2D eigenvalue weighted by Gasteiger charge is 2.37. The number of amides is 1. The number of hydrogen-bond acceptors (Lipinski definition) is 6. The van der Waals surface area contributed by atoms with Gasteiger partial charge in [0.25, 0.3) is 5.56 Å². The van der Waals surface area contributed by atoms with Gasteiger partial charge in [0.2, 0.25) is 0 Å². The zero-order valence-electron chi connectivity index (χ0n) is 21.8. The normalized spacial score (nSPS) is 16.4. The first-order valence-electron chi connectivity index (χ1n) is 12.3. The summed E-state index contributed by atoms with van der Waals surface area (Å²) in [6.45, 7) is 0.989. The highest BCUT2D eigenvalue weighted by molar-refractivity contribution is 7.91. The van der Waals surface area contributed by atoms with Crippen molar-refractivity contribution in [2.75, 3.05) is 25.9 Å². The number of aromatic nitrogens is 2. The van der Waals surface area contributed by atoms with Crippen molar-refractivity contribution in [1.29, 1.82) is 0 Å². The van der Waals surface area contributed by atoms with Crippen LogP contribution in [-0.2, 0) is 29.1 Å². The van der Waals surface area contributed by atoms with Gasteiger partial charge in [-0.1, -0.05) is 30.1 Å². The van der Waals surface area contributed by atoms with E-state index in [1.807, 2.05) is 0 Å². The van der Waals surface area contributed by atoms with Crippen molar-refractivity contribution in [1.82, 2.24) is 19.4 Å². The molecule has 16 heteroatoms. The molecule has 10 nitrogen and oxygen atoms in total. The second kappa shape index (κ2) is 11.3. The van der Waals surface area contributed by atoms with Crippen molar-refractivity contribution in [2.45, 2.75) is 43.5 Å². The van der Waals surface area contributed by atoms with Gasteiger partial charge in [-0.15, -0.1) is 0 Å². The Bertz CT molecular complexity index is 1760. The van der Waals surface area contributed by atoms with E-state index in [-0.39, 0.29) is 45.4 Å². The highest BCUT2D eigenvalue weighted by atomic mass is 35.5. The van der Waals surface area contributed by atoms with E-state index in [1.165, 1.54) is 32.2 Å². The van der Waals surface area contributed by atoms with Crippen LogP contribution in [0.3, 0.4) is 0 Å². The average molecular weight is 637 g/mol. The molecule has 0 bridgehead atoms. The molecule has 2 aromatic carbocycles. The van der Waals surface area contributed by atoms with E-state index in [1.54, 1.807) is 4.90 Å². The van der Waals surface area contributed by atoms with Crippen molar-refractivity contribution < 1.29 is 31.5 Å². The molecule has 1 aliphatic heterocycles. The van der Waals surface area contributed by atoms with Gasteiger partial charge in [0.1, 0.15) is 0 Å². The summed E-state index contributed by atoms with van der Waals surface area (Å²) in [6.07, 6.45) is -5.69. The standard InChI is InChI=1S/C25H25Cl2F3N4O6S/c1-3-41(39,40)19-5-4-14(26)8-13(19)10-34-22(35)16-9-18(25(28,29)30)17(20(27)21(16)31-23(34)36)12-33-7-6-15(11-33)32(2)24(37)38/h4-5,8-9,15H,3,6-7,10-12H2,1-2H3,(H,31,36)(H,37,38)/t15-/m1/s1. The van der Waals surface area contributed by atoms with Crippen LogP contribution in [0.4, 0.5) is 18.0 Å². The number of benzene rings is 2. The minimum atomic E-state index is -4.92. The van der Waals surface area contributed by atoms with Gasteiger partial charge in [0, 0.05) is 37.7 Å². The van der Waals surface area contributed by atoms with Gasteiger partial charge in [0.15, 0.2) is 9.84 Å². The van der Waals surface area contributed by atoms with Crippen molar-refractivity contribution >= 4 is 50.0 Å². The maximum atomic E-state index is 14.2. The van der Waals surface area contributed by atoms with Crippen molar-refractivity contribution in [3.05, 3.63) is 71.8 Å². The summed E-state index contributed by atoms with van der Waals surface area (Å²) >= 11 is 12.4. The van der Waals surface area contributed by atoms with Crippen molar-refractivity contribution in [3.63, 3.8) is 0 Å². The van der Waals surface area contributed by atoms with Crippen LogP contribution in [-0.4, -0.2) is 70.9 Å². The number of hydrogen-bond donors (Lipinski definition) is 2. The monoisotopic (exact) mass is 636 g/mol. The second-order valence-electron chi connectivity index (χ2n) is 9.68. The molecular weight excluding hydrogens is 612 g/mol. The predicted octanol–water partition coefficient (Wildman–Crippen LogP) is 4.04. The fourth-order valence-electron chi connectivity index (χ4n) is 4.90. The van der Waals surface area contributed by atoms with Crippen LogP contribution in [0.2, 0.25) is 10.0 Å². The number of likely N-dealkylation sites (tertiary alicyclic amines) is 1. The molecule has 1 atom stereocenters. The molecule has 1 aliphatic rings. The Hall–Kier alpha value is -3.07. The van der Waals surface area contributed by atoms with Crippen LogP contribution >= 0.6 is 23.2 Å². The minimum absolute atomic E-state index is 0.0139. The molecule has 0 spiro atoms. The van der Waals surface area contributed by atoms with Crippen LogP contribution < -0.4 is 11.2 Å². The number of likely N-dealkylation sites (N-methyl/N-ethyl adjacent to an activating group) is 1. The lowest BCUT2D eigenvalue weighted by Gasteiger charge is -2.24. The van der Waals surface area contributed by atoms with Gasteiger partial charge in [-0.05, 0) is 41.8 Å². The first kappa shape index (κ1) is 30.9. The third-order valence-corrected chi connectivity index (χ3v) is 9.65. The number of halogens is 5. The van der Waals surface area contributed by atoms with Crippen LogP contribution in [0.15, 0.2) is 38.8 Å². The maximum Gasteiger partial charge on any atom is 0.416 e. The van der Waals surface area contributed by atoms with E-state index in [9.17, 15) is 41.1 Å². The maximum absolute atomic E-state index is 14.2. The van der Waals surface area contributed by atoms with Crippen LogP contribution in [0.1, 0.15) is 30.0 Å². The average Bonchev–Trinajstić information content (AvgIpc) is 3.35. The number of carbonyl (C=O) groups is 1. The Balaban J connectivity index is 1.83. The molecule has 1 fully saturated rings. The van der Waals surface area contributed by atoms with E-state index < -0.39 is 61.9 Å². The zero-order valence-corrected chi connectivity index (χ0v) is 24.1. The number of alkyl halides is 3. The second-order valence-corrected chi connectivity index (χ2v) is 12.7. The summed E-state index contributed by atoms with van der Waals surface area (Å²) in [5.41, 5.74) is -3.96. The molecule has 2 N–H and O–H groups in total. The summed E-state index contributed by atoms with van der Waals surface area (Å²) < 4.78 is 68.5. The molecule has 41 heavy (non-hydrogen) atoms. The smallest absolute Gasteiger partial charge is 0.416 e. The predicted molar refractivity (Wildman–Crippen MR) is 147 cm³/mol. The number of fused-ring (bicyclic) bond motifs is 1. The van der Waals surface area contributed by atoms with E-state index in [4.69, 9.17) is 23.2 Å². The Morgan fingerprint density at radius 3 is 2.49 bits per heavy atom. The summed E-state index contributed by atoms with van der Waals surface area (Å²) in [5.74, 6) is -0.276. The number of carboxylic acid groups (broad SMARTS) is 1. The summed E-state index contributed by atoms with van der Waals surface area (Å²) in [5, 5.41) is 8.36. The third-order valence-electron chi connectivity index (χ3n) is 7.17.